The minimum absolute atomic E-state index is 0.0843. The van der Waals surface area contributed by atoms with Gasteiger partial charge in [0.15, 0.2) is 0 Å². The lowest BCUT2D eigenvalue weighted by Crippen LogP contribution is -2.41. The van der Waals surface area contributed by atoms with Crippen molar-refractivity contribution in [3.05, 3.63) is 48.5 Å². The molecule has 1 aliphatic rings. The fraction of sp³-hybridized carbons (Fsp3) is 0.435. The van der Waals surface area contributed by atoms with Crippen LogP contribution in [0.2, 0.25) is 0 Å². The van der Waals surface area contributed by atoms with E-state index in [4.69, 9.17) is 4.74 Å². The summed E-state index contributed by atoms with van der Waals surface area (Å²) in [5, 5.41) is 3.11. The molecule has 1 atom stereocenters. The molecule has 4 nitrogen and oxygen atoms in total. The summed E-state index contributed by atoms with van der Waals surface area (Å²) in [5.74, 6) is 2.26. The number of carbonyl (C=O) groups excluding carboxylic acids is 1. The van der Waals surface area contributed by atoms with Crippen molar-refractivity contribution in [2.75, 3.05) is 44.1 Å². The van der Waals surface area contributed by atoms with E-state index in [1.54, 1.807) is 7.11 Å². The smallest absolute Gasteiger partial charge is 0.228 e. The molecule has 0 unspecified atom stereocenters. The van der Waals surface area contributed by atoms with Crippen molar-refractivity contribution in [3.63, 3.8) is 0 Å². The summed E-state index contributed by atoms with van der Waals surface area (Å²) in [6.45, 7) is 3.09. The predicted octanol–water partition coefficient (Wildman–Crippen LogP) is 4.77. The molecule has 2 aromatic carbocycles. The van der Waals surface area contributed by atoms with Gasteiger partial charge in [0.05, 0.1) is 13.0 Å². The summed E-state index contributed by atoms with van der Waals surface area (Å²) in [6.07, 6.45) is 5.42. The standard InChI is InChI=1S/C23H30N2O2S/c1-27-22-8-3-6-19(16-22)18-9-11-21(12-10-18)24-23(26)20-7-4-13-25(17-20)14-5-15-28-2/h3,6,8-12,16,20H,4-5,7,13-15,17H2,1-2H3,(H,24,26)/t20-/m1/s1. The molecule has 0 aromatic heterocycles. The van der Waals surface area contributed by atoms with Gasteiger partial charge in [0, 0.05) is 12.2 Å². The monoisotopic (exact) mass is 398 g/mol. The van der Waals surface area contributed by atoms with Gasteiger partial charge in [0.1, 0.15) is 5.75 Å². The average Bonchev–Trinajstić information content (AvgIpc) is 2.75. The number of amides is 1. The molecule has 28 heavy (non-hydrogen) atoms. The number of hydrogen-bond acceptors (Lipinski definition) is 4. The number of thioether (sulfide) groups is 1. The minimum Gasteiger partial charge on any atom is -0.497 e. The van der Waals surface area contributed by atoms with Crippen LogP contribution in [-0.2, 0) is 4.79 Å². The van der Waals surface area contributed by atoms with Crippen molar-refractivity contribution in [3.8, 4) is 16.9 Å². The summed E-state index contributed by atoms with van der Waals surface area (Å²) in [6, 6.07) is 16.0. The molecular formula is C23H30N2O2S. The number of nitrogens with zero attached hydrogens (tertiary/aromatic N) is 1. The number of piperidine rings is 1. The number of rotatable bonds is 8. The average molecular weight is 399 g/mol. The zero-order valence-electron chi connectivity index (χ0n) is 16.8. The van der Waals surface area contributed by atoms with Crippen molar-refractivity contribution in [2.45, 2.75) is 19.3 Å². The summed E-state index contributed by atoms with van der Waals surface area (Å²) >= 11 is 1.89. The molecule has 3 rings (SSSR count). The molecule has 0 bridgehead atoms. The first-order valence-electron chi connectivity index (χ1n) is 9.96. The minimum atomic E-state index is 0.0843. The van der Waals surface area contributed by atoms with Crippen LogP contribution in [0, 0.1) is 5.92 Å². The number of carbonyl (C=O) groups is 1. The van der Waals surface area contributed by atoms with Crippen LogP contribution in [0.25, 0.3) is 11.1 Å². The molecule has 1 amide bonds. The molecule has 2 aromatic rings. The second kappa shape index (κ2) is 10.5. The molecule has 0 spiro atoms. The van der Waals surface area contributed by atoms with Gasteiger partial charge in [-0.15, -0.1) is 0 Å². The van der Waals surface area contributed by atoms with Gasteiger partial charge in [-0.1, -0.05) is 24.3 Å². The second-order valence-corrected chi connectivity index (χ2v) is 8.27. The lowest BCUT2D eigenvalue weighted by atomic mass is 9.97. The van der Waals surface area contributed by atoms with Gasteiger partial charge in [-0.3, -0.25) is 4.79 Å². The topological polar surface area (TPSA) is 41.6 Å². The Morgan fingerprint density at radius 3 is 2.79 bits per heavy atom. The van der Waals surface area contributed by atoms with Gasteiger partial charge in [-0.05, 0) is 79.8 Å². The Balaban J connectivity index is 1.56. The lowest BCUT2D eigenvalue weighted by Gasteiger charge is -2.31. The fourth-order valence-corrected chi connectivity index (χ4v) is 4.12. The Bertz CT molecular complexity index is 763. The third-order valence-electron chi connectivity index (χ3n) is 5.25. The molecule has 1 saturated heterocycles. The Kier molecular flexibility index (Phi) is 7.80. The number of hydrogen-bond donors (Lipinski definition) is 1. The highest BCUT2D eigenvalue weighted by Crippen LogP contribution is 2.26. The molecule has 0 radical (unpaired) electrons. The van der Waals surface area contributed by atoms with Crippen molar-refractivity contribution in [2.24, 2.45) is 5.92 Å². The maximum absolute atomic E-state index is 12.7. The Hall–Kier alpha value is -1.98. The van der Waals surface area contributed by atoms with Crippen LogP contribution in [0.4, 0.5) is 5.69 Å². The van der Waals surface area contributed by atoms with E-state index in [-0.39, 0.29) is 11.8 Å². The van der Waals surface area contributed by atoms with Gasteiger partial charge in [-0.2, -0.15) is 11.8 Å². The van der Waals surface area contributed by atoms with E-state index in [0.717, 1.165) is 55.0 Å². The zero-order valence-corrected chi connectivity index (χ0v) is 17.6. The quantitative estimate of drug-likeness (QED) is 0.651. The first kappa shape index (κ1) is 20.7. The normalized spacial score (nSPS) is 17.3. The van der Waals surface area contributed by atoms with Gasteiger partial charge in [-0.25, -0.2) is 0 Å². The lowest BCUT2D eigenvalue weighted by molar-refractivity contribution is -0.121. The van der Waals surface area contributed by atoms with E-state index < -0.39 is 0 Å². The molecular weight excluding hydrogens is 368 g/mol. The first-order valence-corrected chi connectivity index (χ1v) is 11.4. The van der Waals surface area contributed by atoms with Crippen molar-refractivity contribution >= 4 is 23.4 Å². The Morgan fingerprint density at radius 1 is 1.21 bits per heavy atom. The van der Waals surface area contributed by atoms with Crippen LogP contribution < -0.4 is 10.1 Å². The van der Waals surface area contributed by atoms with Crippen LogP contribution in [0.5, 0.6) is 5.75 Å². The van der Waals surface area contributed by atoms with E-state index in [9.17, 15) is 4.79 Å². The van der Waals surface area contributed by atoms with Crippen molar-refractivity contribution in [1.82, 2.24) is 4.90 Å². The number of likely N-dealkylation sites (tertiary alicyclic amines) is 1. The van der Waals surface area contributed by atoms with Crippen molar-refractivity contribution < 1.29 is 9.53 Å². The van der Waals surface area contributed by atoms with Gasteiger partial charge < -0.3 is 15.0 Å². The number of nitrogens with one attached hydrogen (secondary N) is 1. The van der Waals surface area contributed by atoms with Gasteiger partial charge in [0.2, 0.25) is 5.91 Å². The van der Waals surface area contributed by atoms with E-state index in [0.29, 0.717) is 0 Å². The van der Waals surface area contributed by atoms with Crippen LogP contribution in [-0.4, -0.2) is 49.6 Å². The molecule has 1 fully saturated rings. The molecule has 1 N–H and O–H groups in total. The fourth-order valence-electron chi connectivity index (χ4n) is 3.70. The highest BCUT2D eigenvalue weighted by molar-refractivity contribution is 7.98. The van der Waals surface area contributed by atoms with Crippen LogP contribution in [0.15, 0.2) is 48.5 Å². The molecule has 1 aliphatic heterocycles. The van der Waals surface area contributed by atoms with E-state index >= 15 is 0 Å². The second-order valence-electron chi connectivity index (χ2n) is 7.28. The summed E-state index contributed by atoms with van der Waals surface area (Å²) in [4.78, 5) is 15.2. The van der Waals surface area contributed by atoms with Gasteiger partial charge >= 0.3 is 0 Å². The van der Waals surface area contributed by atoms with Crippen LogP contribution in [0.3, 0.4) is 0 Å². The molecule has 0 saturated carbocycles. The van der Waals surface area contributed by atoms with E-state index in [1.807, 2.05) is 54.2 Å². The summed E-state index contributed by atoms with van der Waals surface area (Å²) in [7, 11) is 1.67. The van der Waals surface area contributed by atoms with Gasteiger partial charge in [0.25, 0.3) is 0 Å². The maximum Gasteiger partial charge on any atom is 0.228 e. The zero-order chi connectivity index (χ0) is 19.8. The molecule has 0 aliphatic carbocycles. The molecule has 150 valence electrons. The Labute approximate surface area is 172 Å². The Morgan fingerprint density at radius 2 is 2.04 bits per heavy atom. The number of benzene rings is 2. The molecule has 1 heterocycles. The van der Waals surface area contributed by atoms with E-state index in [1.165, 1.54) is 12.2 Å². The predicted molar refractivity (Wildman–Crippen MR) is 119 cm³/mol. The molecule has 5 heteroatoms. The van der Waals surface area contributed by atoms with Crippen LogP contribution in [0.1, 0.15) is 19.3 Å². The van der Waals surface area contributed by atoms with Crippen molar-refractivity contribution in [1.29, 1.82) is 0 Å². The summed E-state index contributed by atoms with van der Waals surface area (Å²) in [5.41, 5.74) is 3.07. The summed E-state index contributed by atoms with van der Waals surface area (Å²) < 4.78 is 5.30. The highest BCUT2D eigenvalue weighted by Gasteiger charge is 2.25. The van der Waals surface area contributed by atoms with Crippen LogP contribution >= 0.6 is 11.8 Å². The number of methoxy groups -OCH3 is 1. The maximum atomic E-state index is 12.7. The third kappa shape index (κ3) is 5.76. The number of ether oxygens (including phenoxy) is 1. The number of anilines is 1. The highest BCUT2D eigenvalue weighted by atomic mass is 32.2. The SMILES string of the molecule is COc1cccc(-c2ccc(NC(=O)[C@@H]3CCCN(CCCSC)C3)cc2)c1. The third-order valence-corrected chi connectivity index (χ3v) is 5.95. The first-order chi connectivity index (χ1) is 13.7. The largest absolute Gasteiger partial charge is 0.497 e. The van der Waals surface area contributed by atoms with E-state index in [2.05, 4.69) is 22.5 Å².